The predicted molar refractivity (Wildman–Crippen MR) is 184 cm³/mol. The minimum atomic E-state index is -4.45. The number of benzene rings is 2. The summed E-state index contributed by atoms with van der Waals surface area (Å²) in [6, 6.07) is 20.0. The van der Waals surface area contributed by atoms with Gasteiger partial charge in [0.15, 0.2) is 11.4 Å². The molecule has 0 bridgehead atoms. The Labute approximate surface area is 301 Å². The molecule has 52 heavy (non-hydrogen) atoms. The van der Waals surface area contributed by atoms with Crippen LogP contribution >= 0.6 is 11.3 Å². The van der Waals surface area contributed by atoms with Gasteiger partial charge in [-0.15, -0.1) is 11.3 Å². The summed E-state index contributed by atoms with van der Waals surface area (Å²) in [4.78, 5) is 15.3. The van der Waals surface area contributed by atoms with Gasteiger partial charge in [-0.25, -0.2) is 9.36 Å². The Morgan fingerprint density at radius 1 is 0.769 bits per heavy atom. The van der Waals surface area contributed by atoms with E-state index in [1.165, 1.54) is 9.36 Å². The number of fused-ring (bicyclic) bond motifs is 2. The largest absolute Gasteiger partial charge is 0.435 e. The van der Waals surface area contributed by atoms with E-state index in [2.05, 4.69) is 10.2 Å². The van der Waals surface area contributed by atoms with Crippen molar-refractivity contribution in [1.82, 2.24) is 24.5 Å². The van der Waals surface area contributed by atoms with Crippen molar-refractivity contribution in [3.05, 3.63) is 116 Å². The maximum Gasteiger partial charge on any atom is 0.435 e. The van der Waals surface area contributed by atoms with Gasteiger partial charge in [0.05, 0.1) is 36.8 Å². The van der Waals surface area contributed by atoms with Crippen molar-refractivity contribution >= 4 is 17.2 Å². The monoisotopic (exact) mass is 738 g/mol. The molecule has 2 aromatic carbocycles. The highest BCUT2D eigenvalue weighted by Gasteiger charge is 2.40. The Kier molecular flexibility index (Phi) is 10.9. The van der Waals surface area contributed by atoms with Crippen molar-refractivity contribution in [2.24, 2.45) is 0 Å². The topological polar surface area (TPSA) is 79.7 Å². The van der Waals surface area contributed by atoms with Crippen molar-refractivity contribution in [2.45, 2.75) is 83.1 Å². The molecule has 7 nitrogen and oxygen atoms in total. The van der Waals surface area contributed by atoms with Crippen LogP contribution in [0.1, 0.15) is 75.6 Å². The lowest BCUT2D eigenvalue weighted by molar-refractivity contribution is -0.142. The maximum atomic E-state index is 13.4. The van der Waals surface area contributed by atoms with Gasteiger partial charge < -0.3 is 4.90 Å². The third-order valence-electron chi connectivity index (χ3n) is 9.30. The van der Waals surface area contributed by atoms with E-state index < -0.39 is 23.7 Å². The van der Waals surface area contributed by atoms with Gasteiger partial charge >= 0.3 is 12.4 Å². The first-order valence-electron chi connectivity index (χ1n) is 17.0. The van der Waals surface area contributed by atoms with Crippen molar-refractivity contribution in [2.75, 3.05) is 7.05 Å². The molecule has 0 spiro atoms. The highest BCUT2D eigenvalue weighted by atomic mass is 32.1. The molecule has 0 N–H and O–H groups in total. The molecule has 0 aliphatic heterocycles. The van der Waals surface area contributed by atoms with Gasteiger partial charge in [0, 0.05) is 34.4 Å². The lowest BCUT2D eigenvalue weighted by Gasteiger charge is -2.17. The molecular weight excluding hydrogens is 703 g/mol. The quantitative estimate of drug-likeness (QED) is 0.156. The van der Waals surface area contributed by atoms with E-state index in [-0.39, 0.29) is 18.7 Å². The summed E-state index contributed by atoms with van der Waals surface area (Å²) in [5.41, 5.74) is 3.28. The van der Waals surface area contributed by atoms with Crippen LogP contribution in [0, 0.1) is 11.3 Å². The molecule has 5 aromatic rings. The zero-order chi connectivity index (χ0) is 37.0. The first kappa shape index (κ1) is 36.9. The molecule has 0 saturated heterocycles. The van der Waals surface area contributed by atoms with E-state index in [0.29, 0.717) is 66.1 Å². The SMILES string of the molecule is CN(Cc1cccs1)C(=O)Cc1ccc(-n2nc(C(F)(F)F)c3c2CCCC3)cc1.N#CCc1ccc(-n2nc(C(F)(F)F)c3c2CCCC3)cc1. The normalized spacial score (nSPS) is 14.1. The van der Waals surface area contributed by atoms with Crippen LogP contribution in [0.4, 0.5) is 26.3 Å². The van der Waals surface area contributed by atoms with Gasteiger partial charge in [-0.1, -0.05) is 30.3 Å². The van der Waals surface area contributed by atoms with Gasteiger partial charge in [-0.2, -0.15) is 41.8 Å². The standard InChI is InChI=1S/C22H22F3N3OS.C16H14F3N3/c1-27(14-17-5-4-12-30-17)20(29)13-15-8-10-16(11-9-15)28-19-7-3-2-6-18(19)21(26-28)22(23,24)25;17-16(18,19)15-13-3-1-2-4-14(13)22(21-15)12-7-5-11(6-8-12)9-10-20/h4-5,8-12H,2-3,6-7,13-14H2,1H3;5-8H,1-4,9H2. The highest BCUT2D eigenvalue weighted by molar-refractivity contribution is 7.09. The Morgan fingerprint density at radius 2 is 1.25 bits per heavy atom. The van der Waals surface area contributed by atoms with Crippen molar-refractivity contribution in [1.29, 1.82) is 5.26 Å². The summed E-state index contributed by atoms with van der Waals surface area (Å²) in [7, 11) is 1.77. The number of rotatable bonds is 7. The summed E-state index contributed by atoms with van der Waals surface area (Å²) in [5.74, 6) is -0.00743. The fourth-order valence-corrected chi connectivity index (χ4v) is 7.47. The average molecular weight is 739 g/mol. The third kappa shape index (κ3) is 8.25. The number of carbonyl (C=O) groups excluding carboxylic acids is 1. The molecule has 2 aliphatic rings. The number of halogens is 6. The van der Waals surface area contributed by atoms with Gasteiger partial charge in [-0.05, 0) is 98.2 Å². The number of nitriles is 1. The fraction of sp³-hybridized carbons (Fsp3) is 0.368. The van der Waals surface area contributed by atoms with Crippen molar-refractivity contribution in [3.63, 3.8) is 0 Å². The summed E-state index contributed by atoms with van der Waals surface area (Å²) in [5, 5.41) is 18.4. The van der Waals surface area contributed by atoms with E-state index >= 15 is 0 Å². The number of likely N-dealkylation sites (N-methyl/N-ethyl adjacent to an activating group) is 1. The molecule has 14 heteroatoms. The molecule has 0 fully saturated rings. The third-order valence-corrected chi connectivity index (χ3v) is 10.2. The number of alkyl halides is 6. The average Bonchev–Trinajstić information content (AvgIpc) is 3.87. The molecular formula is C38H36F6N6OS. The van der Waals surface area contributed by atoms with Crippen LogP contribution in [0.2, 0.25) is 0 Å². The first-order chi connectivity index (χ1) is 24.8. The van der Waals surface area contributed by atoms with Gasteiger partial charge in [-0.3, -0.25) is 4.79 Å². The number of hydrogen-bond acceptors (Lipinski definition) is 5. The van der Waals surface area contributed by atoms with Crippen LogP contribution < -0.4 is 0 Å². The molecule has 0 atom stereocenters. The second kappa shape index (κ2) is 15.4. The summed E-state index contributed by atoms with van der Waals surface area (Å²) >= 11 is 1.61. The van der Waals surface area contributed by atoms with Crippen molar-refractivity contribution < 1.29 is 31.1 Å². The molecule has 3 aromatic heterocycles. The second-order valence-corrected chi connectivity index (χ2v) is 14.0. The van der Waals surface area contributed by atoms with Crippen LogP contribution in [0.25, 0.3) is 11.4 Å². The number of hydrogen-bond donors (Lipinski definition) is 0. The highest BCUT2D eigenvalue weighted by Crippen LogP contribution is 2.38. The number of carbonyl (C=O) groups is 1. The molecule has 0 saturated carbocycles. The molecule has 7 rings (SSSR count). The molecule has 0 radical (unpaired) electrons. The predicted octanol–water partition coefficient (Wildman–Crippen LogP) is 8.87. The molecule has 3 heterocycles. The minimum absolute atomic E-state index is 0.00743. The smallest absolute Gasteiger partial charge is 0.340 e. The molecule has 272 valence electrons. The van der Waals surface area contributed by atoms with Crippen LogP contribution in [0.3, 0.4) is 0 Å². The Bertz CT molecular complexity index is 2040. The molecule has 0 unspecified atom stereocenters. The van der Waals surface area contributed by atoms with E-state index in [1.54, 1.807) is 71.8 Å². The molecule has 2 aliphatic carbocycles. The van der Waals surface area contributed by atoms with Crippen LogP contribution in [-0.4, -0.2) is 37.4 Å². The van der Waals surface area contributed by atoms with Crippen LogP contribution in [-0.2, 0) is 62.2 Å². The number of amides is 1. The fourth-order valence-electron chi connectivity index (χ4n) is 6.72. The number of aromatic nitrogens is 4. The Balaban J connectivity index is 0.000000187. The van der Waals surface area contributed by atoms with Crippen LogP contribution in [0.5, 0.6) is 0 Å². The molecule has 1 amide bonds. The Morgan fingerprint density at radius 3 is 1.69 bits per heavy atom. The Hall–Kier alpha value is -4.90. The first-order valence-corrected chi connectivity index (χ1v) is 17.9. The van der Waals surface area contributed by atoms with Gasteiger partial charge in [0.25, 0.3) is 0 Å². The van der Waals surface area contributed by atoms with Crippen molar-refractivity contribution in [3.8, 4) is 17.4 Å². The summed E-state index contributed by atoms with van der Waals surface area (Å²) < 4.78 is 82.5. The van der Waals surface area contributed by atoms with E-state index in [0.717, 1.165) is 41.7 Å². The zero-order valence-electron chi connectivity index (χ0n) is 28.4. The second-order valence-electron chi connectivity index (χ2n) is 13.0. The van der Waals surface area contributed by atoms with Gasteiger partial charge in [0.1, 0.15) is 0 Å². The zero-order valence-corrected chi connectivity index (χ0v) is 29.2. The number of nitrogens with zero attached hydrogens (tertiary/aromatic N) is 6. The van der Waals surface area contributed by atoms with E-state index in [9.17, 15) is 31.1 Å². The number of thiophene rings is 1. The lowest BCUT2D eigenvalue weighted by Crippen LogP contribution is -2.27. The lowest BCUT2D eigenvalue weighted by atomic mass is 9.95. The summed E-state index contributed by atoms with van der Waals surface area (Å²) in [6.45, 7) is 0.564. The van der Waals surface area contributed by atoms with Crippen LogP contribution in [0.15, 0.2) is 66.0 Å². The van der Waals surface area contributed by atoms with Gasteiger partial charge in [0.2, 0.25) is 5.91 Å². The minimum Gasteiger partial charge on any atom is -0.340 e. The summed E-state index contributed by atoms with van der Waals surface area (Å²) in [6.07, 6.45) is -3.06. The van der Waals surface area contributed by atoms with E-state index in [1.807, 2.05) is 23.6 Å². The maximum absolute atomic E-state index is 13.4. The van der Waals surface area contributed by atoms with E-state index in [4.69, 9.17) is 5.26 Å².